The molecule has 0 N–H and O–H groups in total. The maximum Gasteiger partial charge on any atom is 0.236 e. The maximum atomic E-state index is 13.0. The predicted molar refractivity (Wildman–Crippen MR) is 51.5 cm³/mol. The third-order valence-corrected chi connectivity index (χ3v) is 2.73. The van der Waals surface area contributed by atoms with E-state index in [1.54, 1.807) is 0 Å². The highest BCUT2D eigenvalue weighted by Crippen LogP contribution is 2.29. The van der Waals surface area contributed by atoms with Crippen molar-refractivity contribution in [3.05, 3.63) is 35.4 Å². The Kier molecular flexibility index (Phi) is 2.46. The largest absolute Gasteiger partial charge is 0.285 e. The van der Waals surface area contributed by atoms with E-state index in [0.717, 1.165) is 17.0 Å². The molecule has 1 aliphatic heterocycles. The standard InChI is InChI=1S/C11H9F2NO2/c1-14-10(15)5-7(11(14)16)6-2-3-8(12)9(13)4-6/h2-4,7H,5H2,1H3. The Morgan fingerprint density at radius 2 is 1.94 bits per heavy atom. The minimum atomic E-state index is -1.01. The fourth-order valence-electron chi connectivity index (χ4n) is 1.75. The van der Waals surface area contributed by atoms with E-state index in [2.05, 4.69) is 0 Å². The van der Waals surface area contributed by atoms with Gasteiger partial charge in [0.2, 0.25) is 11.8 Å². The third-order valence-electron chi connectivity index (χ3n) is 2.73. The molecule has 5 heteroatoms. The summed E-state index contributed by atoms with van der Waals surface area (Å²) in [5.74, 6) is -3.34. The molecule has 1 aromatic carbocycles. The van der Waals surface area contributed by atoms with Crippen molar-refractivity contribution in [2.24, 2.45) is 0 Å². The average Bonchev–Trinajstić information content (AvgIpc) is 2.50. The topological polar surface area (TPSA) is 37.4 Å². The summed E-state index contributed by atoms with van der Waals surface area (Å²) in [5.41, 5.74) is 0.335. The third kappa shape index (κ3) is 1.58. The van der Waals surface area contributed by atoms with Crippen LogP contribution in [0.5, 0.6) is 0 Å². The van der Waals surface area contributed by atoms with Gasteiger partial charge in [-0.15, -0.1) is 0 Å². The first-order chi connectivity index (χ1) is 7.50. The van der Waals surface area contributed by atoms with Gasteiger partial charge in [-0.25, -0.2) is 8.78 Å². The molecule has 0 spiro atoms. The number of hydrogen-bond donors (Lipinski definition) is 0. The molecule has 1 saturated heterocycles. The van der Waals surface area contributed by atoms with Crippen LogP contribution in [0.4, 0.5) is 8.78 Å². The summed E-state index contributed by atoms with van der Waals surface area (Å²) in [6.45, 7) is 0. The number of imide groups is 1. The zero-order valence-corrected chi connectivity index (χ0v) is 8.54. The highest BCUT2D eigenvalue weighted by atomic mass is 19.2. The summed E-state index contributed by atoms with van der Waals surface area (Å²) in [7, 11) is 1.38. The molecule has 0 aliphatic carbocycles. The molecular formula is C11H9F2NO2. The maximum absolute atomic E-state index is 13.0. The molecule has 3 nitrogen and oxygen atoms in total. The number of benzene rings is 1. The first-order valence-electron chi connectivity index (χ1n) is 4.76. The van der Waals surface area contributed by atoms with Crippen LogP contribution in [0.3, 0.4) is 0 Å². The van der Waals surface area contributed by atoms with E-state index in [9.17, 15) is 18.4 Å². The van der Waals surface area contributed by atoms with Crippen molar-refractivity contribution in [1.82, 2.24) is 4.90 Å². The van der Waals surface area contributed by atoms with Crippen molar-refractivity contribution in [3.8, 4) is 0 Å². The number of amides is 2. The van der Waals surface area contributed by atoms with Crippen LogP contribution >= 0.6 is 0 Å². The molecule has 16 heavy (non-hydrogen) atoms. The van der Waals surface area contributed by atoms with E-state index >= 15 is 0 Å². The lowest BCUT2D eigenvalue weighted by atomic mass is 9.97. The summed E-state index contributed by atoms with van der Waals surface area (Å²) < 4.78 is 25.7. The number of likely N-dealkylation sites (tertiary alicyclic amines) is 1. The van der Waals surface area contributed by atoms with Crippen LogP contribution in [0.15, 0.2) is 18.2 Å². The van der Waals surface area contributed by atoms with E-state index in [4.69, 9.17) is 0 Å². The monoisotopic (exact) mass is 225 g/mol. The van der Waals surface area contributed by atoms with Crippen molar-refractivity contribution in [2.45, 2.75) is 12.3 Å². The summed E-state index contributed by atoms with van der Waals surface area (Å²) >= 11 is 0. The van der Waals surface area contributed by atoms with E-state index in [1.165, 1.54) is 13.1 Å². The van der Waals surface area contributed by atoms with Gasteiger partial charge in [0.1, 0.15) is 0 Å². The normalized spacial score (nSPS) is 20.7. The minimum absolute atomic E-state index is 0.0143. The van der Waals surface area contributed by atoms with Gasteiger partial charge in [-0.2, -0.15) is 0 Å². The predicted octanol–water partition coefficient (Wildman–Crippen LogP) is 1.44. The Balaban J connectivity index is 2.35. The SMILES string of the molecule is CN1C(=O)CC(c2ccc(F)c(F)c2)C1=O. The molecular weight excluding hydrogens is 216 g/mol. The Labute approximate surface area is 90.7 Å². The Morgan fingerprint density at radius 3 is 2.44 bits per heavy atom. The van der Waals surface area contributed by atoms with Crippen molar-refractivity contribution >= 4 is 11.8 Å². The van der Waals surface area contributed by atoms with Crippen molar-refractivity contribution in [3.63, 3.8) is 0 Å². The minimum Gasteiger partial charge on any atom is -0.285 e. The molecule has 1 unspecified atom stereocenters. The first-order valence-corrected chi connectivity index (χ1v) is 4.76. The molecule has 1 aromatic rings. The molecule has 1 atom stereocenters. The average molecular weight is 225 g/mol. The van der Waals surface area contributed by atoms with Gasteiger partial charge in [-0.1, -0.05) is 6.07 Å². The summed E-state index contributed by atoms with van der Waals surface area (Å²) in [4.78, 5) is 23.9. The molecule has 1 fully saturated rings. The number of rotatable bonds is 1. The van der Waals surface area contributed by atoms with Gasteiger partial charge in [0.05, 0.1) is 5.92 Å². The lowest BCUT2D eigenvalue weighted by Gasteiger charge is -2.09. The van der Waals surface area contributed by atoms with Crippen molar-refractivity contribution in [2.75, 3.05) is 7.05 Å². The fraction of sp³-hybridized carbons (Fsp3) is 0.273. The van der Waals surface area contributed by atoms with Gasteiger partial charge in [0.15, 0.2) is 11.6 Å². The van der Waals surface area contributed by atoms with Crippen molar-refractivity contribution in [1.29, 1.82) is 0 Å². The van der Waals surface area contributed by atoms with Crippen LogP contribution in [0.2, 0.25) is 0 Å². The van der Waals surface area contributed by atoms with E-state index in [1.807, 2.05) is 0 Å². The smallest absolute Gasteiger partial charge is 0.236 e. The van der Waals surface area contributed by atoms with Gasteiger partial charge in [-0.3, -0.25) is 14.5 Å². The number of carbonyl (C=O) groups is 2. The van der Waals surface area contributed by atoms with Gasteiger partial charge in [0, 0.05) is 13.5 Å². The lowest BCUT2D eigenvalue weighted by molar-refractivity contribution is -0.137. The Morgan fingerprint density at radius 1 is 1.25 bits per heavy atom. The first kappa shape index (κ1) is 10.7. The number of hydrogen-bond acceptors (Lipinski definition) is 2. The fourth-order valence-corrected chi connectivity index (χ4v) is 1.75. The van der Waals surface area contributed by atoms with E-state index in [0.29, 0.717) is 5.56 Å². The number of carbonyl (C=O) groups excluding carboxylic acids is 2. The second-order valence-electron chi connectivity index (χ2n) is 3.72. The quantitative estimate of drug-likeness (QED) is 0.678. The van der Waals surface area contributed by atoms with Crippen LogP contribution in [0, 0.1) is 11.6 Å². The summed E-state index contributed by atoms with van der Waals surface area (Å²) in [5, 5.41) is 0. The molecule has 0 aromatic heterocycles. The van der Waals surface area contributed by atoms with Crippen LogP contribution in [-0.4, -0.2) is 23.8 Å². The number of nitrogens with zero attached hydrogens (tertiary/aromatic N) is 1. The molecule has 1 heterocycles. The van der Waals surface area contributed by atoms with Crippen LogP contribution in [0.25, 0.3) is 0 Å². The van der Waals surface area contributed by atoms with E-state index < -0.39 is 17.6 Å². The Hall–Kier alpha value is -1.78. The molecule has 2 rings (SSSR count). The summed E-state index contributed by atoms with van der Waals surface area (Å²) in [6, 6.07) is 3.25. The molecule has 1 aliphatic rings. The van der Waals surface area contributed by atoms with Gasteiger partial charge < -0.3 is 0 Å². The highest BCUT2D eigenvalue weighted by Gasteiger charge is 2.37. The summed E-state index contributed by atoms with van der Waals surface area (Å²) in [6.07, 6.45) is 0.0143. The van der Waals surface area contributed by atoms with Gasteiger partial charge in [-0.05, 0) is 17.7 Å². The highest BCUT2D eigenvalue weighted by molar-refractivity contribution is 6.05. The van der Waals surface area contributed by atoms with Crippen molar-refractivity contribution < 1.29 is 18.4 Å². The van der Waals surface area contributed by atoms with E-state index in [-0.39, 0.29) is 18.2 Å². The van der Waals surface area contributed by atoms with Gasteiger partial charge in [0.25, 0.3) is 0 Å². The second-order valence-corrected chi connectivity index (χ2v) is 3.72. The number of likely N-dealkylation sites (N-methyl/N-ethyl adjacent to an activating group) is 1. The second kappa shape index (κ2) is 3.66. The molecule has 0 radical (unpaired) electrons. The van der Waals surface area contributed by atoms with Gasteiger partial charge >= 0.3 is 0 Å². The lowest BCUT2D eigenvalue weighted by Crippen LogP contribution is -2.25. The Bertz CT molecular complexity index is 473. The van der Waals surface area contributed by atoms with Crippen LogP contribution < -0.4 is 0 Å². The zero-order chi connectivity index (χ0) is 11.9. The van der Waals surface area contributed by atoms with Crippen LogP contribution in [0.1, 0.15) is 17.9 Å². The zero-order valence-electron chi connectivity index (χ0n) is 8.54. The number of halogens is 2. The molecule has 0 saturated carbocycles. The molecule has 84 valence electrons. The molecule has 2 amide bonds. The van der Waals surface area contributed by atoms with Crippen LogP contribution in [-0.2, 0) is 9.59 Å². The molecule has 0 bridgehead atoms.